The molecule has 1 heteroatoms. The zero-order chi connectivity index (χ0) is 11.6. The molecule has 0 saturated carbocycles. The summed E-state index contributed by atoms with van der Waals surface area (Å²) in [6.45, 7) is 15.7. The van der Waals surface area contributed by atoms with Crippen LogP contribution in [0, 0.1) is 13.8 Å². The molecule has 0 fully saturated rings. The van der Waals surface area contributed by atoms with Gasteiger partial charge in [-0.05, 0) is 31.6 Å². The standard InChI is InChI=1S/C9H11N.2C2H6/c1-4-9-7(2)5-6-8(3)10-9;2*1-2/h4-6H,1H2,2-3H3;2*1-2H3. The van der Waals surface area contributed by atoms with E-state index in [0.717, 1.165) is 11.4 Å². The number of rotatable bonds is 1. The average molecular weight is 193 g/mol. The van der Waals surface area contributed by atoms with E-state index in [1.807, 2.05) is 47.6 Å². The molecule has 80 valence electrons. The summed E-state index contributed by atoms with van der Waals surface area (Å²) in [5.41, 5.74) is 3.21. The van der Waals surface area contributed by atoms with Gasteiger partial charge in [0.05, 0.1) is 5.69 Å². The van der Waals surface area contributed by atoms with Gasteiger partial charge in [-0.2, -0.15) is 0 Å². The van der Waals surface area contributed by atoms with Crippen molar-refractivity contribution in [3.8, 4) is 0 Å². The van der Waals surface area contributed by atoms with Gasteiger partial charge in [0.15, 0.2) is 0 Å². The third-order valence-electron chi connectivity index (χ3n) is 1.47. The molecule has 0 aliphatic rings. The summed E-state index contributed by atoms with van der Waals surface area (Å²) >= 11 is 0. The maximum Gasteiger partial charge on any atom is 0.0656 e. The molecule has 0 radical (unpaired) electrons. The fourth-order valence-electron chi connectivity index (χ4n) is 0.853. The average Bonchev–Trinajstić information content (AvgIpc) is 2.27. The van der Waals surface area contributed by atoms with Gasteiger partial charge in [0.2, 0.25) is 0 Å². The second-order valence-electron chi connectivity index (χ2n) is 2.36. The second-order valence-corrected chi connectivity index (χ2v) is 2.36. The number of aromatic nitrogens is 1. The summed E-state index contributed by atoms with van der Waals surface area (Å²) in [6, 6.07) is 4.06. The smallest absolute Gasteiger partial charge is 0.0656 e. The summed E-state index contributed by atoms with van der Waals surface area (Å²) in [6.07, 6.45) is 1.78. The van der Waals surface area contributed by atoms with Crippen LogP contribution in [0.1, 0.15) is 44.6 Å². The summed E-state index contributed by atoms with van der Waals surface area (Å²) in [4.78, 5) is 4.27. The predicted octanol–water partition coefficient (Wildman–Crippen LogP) is 4.39. The van der Waals surface area contributed by atoms with E-state index >= 15 is 0 Å². The van der Waals surface area contributed by atoms with Gasteiger partial charge >= 0.3 is 0 Å². The lowest BCUT2D eigenvalue weighted by Gasteiger charge is -1.98. The van der Waals surface area contributed by atoms with Crippen molar-refractivity contribution in [2.24, 2.45) is 0 Å². The molecule has 1 nitrogen and oxygen atoms in total. The van der Waals surface area contributed by atoms with Crippen LogP contribution in [0.15, 0.2) is 18.7 Å². The van der Waals surface area contributed by atoms with E-state index in [1.165, 1.54) is 5.56 Å². The first kappa shape index (κ1) is 15.4. The molecule has 1 aromatic heterocycles. The Morgan fingerprint density at radius 1 is 1.07 bits per heavy atom. The highest BCUT2D eigenvalue weighted by molar-refractivity contribution is 5.46. The van der Waals surface area contributed by atoms with Crippen LogP contribution in [-0.4, -0.2) is 4.98 Å². The lowest BCUT2D eigenvalue weighted by Crippen LogP contribution is -1.87. The zero-order valence-corrected chi connectivity index (χ0v) is 10.4. The van der Waals surface area contributed by atoms with Gasteiger partial charge < -0.3 is 0 Å². The molecule has 1 rings (SSSR count). The van der Waals surface area contributed by atoms with E-state index in [4.69, 9.17) is 0 Å². The van der Waals surface area contributed by atoms with Crippen molar-refractivity contribution in [2.75, 3.05) is 0 Å². The van der Waals surface area contributed by atoms with Crippen LogP contribution in [0.25, 0.3) is 6.08 Å². The van der Waals surface area contributed by atoms with Gasteiger partial charge in [-0.25, -0.2) is 0 Å². The monoisotopic (exact) mass is 193 g/mol. The topological polar surface area (TPSA) is 12.9 Å². The molecule has 0 amide bonds. The Morgan fingerprint density at radius 2 is 1.57 bits per heavy atom. The Hall–Kier alpha value is -1.11. The maximum absolute atomic E-state index is 4.27. The molecule has 14 heavy (non-hydrogen) atoms. The minimum atomic E-state index is 0.986. The molecular formula is C13H23N. The molecule has 1 aromatic rings. The van der Waals surface area contributed by atoms with Crippen molar-refractivity contribution in [1.82, 2.24) is 4.98 Å². The van der Waals surface area contributed by atoms with Crippen molar-refractivity contribution in [3.05, 3.63) is 35.7 Å². The first-order chi connectivity index (χ1) is 6.74. The number of aryl methyl sites for hydroxylation is 2. The molecule has 0 bridgehead atoms. The second kappa shape index (κ2) is 9.97. The summed E-state index contributed by atoms with van der Waals surface area (Å²) < 4.78 is 0. The van der Waals surface area contributed by atoms with Crippen molar-refractivity contribution in [2.45, 2.75) is 41.5 Å². The van der Waals surface area contributed by atoms with Crippen LogP contribution in [0.3, 0.4) is 0 Å². The number of pyridine rings is 1. The first-order valence-electron chi connectivity index (χ1n) is 5.30. The van der Waals surface area contributed by atoms with Crippen molar-refractivity contribution in [3.63, 3.8) is 0 Å². The summed E-state index contributed by atoms with van der Waals surface area (Å²) in [5, 5.41) is 0. The third-order valence-corrected chi connectivity index (χ3v) is 1.47. The van der Waals surface area contributed by atoms with E-state index in [-0.39, 0.29) is 0 Å². The Labute approximate surface area is 88.9 Å². The number of hydrogen-bond donors (Lipinski definition) is 0. The summed E-state index contributed by atoms with van der Waals surface area (Å²) in [7, 11) is 0. The maximum atomic E-state index is 4.27. The van der Waals surface area contributed by atoms with E-state index in [2.05, 4.69) is 17.6 Å². The van der Waals surface area contributed by atoms with Crippen LogP contribution < -0.4 is 0 Å². The SMILES string of the molecule is C=Cc1nc(C)ccc1C.CC.CC. The van der Waals surface area contributed by atoms with E-state index in [0.29, 0.717) is 0 Å². The molecule has 0 saturated heterocycles. The molecule has 0 aromatic carbocycles. The quantitative estimate of drug-likeness (QED) is 0.644. The predicted molar refractivity (Wildman–Crippen MR) is 66.5 cm³/mol. The minimum Gasteiger partial charge on any atom is -0.254 e. The Balaban J connectivity index is 0. The van der Waals surface area contributed by atoms with Crippen LogP contribution in [0.4, 0.5) is 0 Å². The minimum absolute atomic E-state index is 0.986. The van der Waals surface area contributed by atoms with Crippen molar-refractivity contribution in [1.29, 1.82) is 0 Å². The molecule has 0 unspecified atom stereocenters. The normalized spacial score (nSPS) is 7.57. The molecule has 0 aliphatic carbocycles. The lowest BCUT2D eigenvalue weighted by molar-refractivity contribution is 1.15. The number of nitrogens with zero attached hydrogens (tertiary/aromatic N) is 1. The first-order valence-corrected chi connectivity index (χ1v) is 5.30. The molecule has 0 N–H and O–H groups in total. The highest BCUT2D eigenvalue weighted by Crippen LogP contribution is 2.06. The van der Waals surface area contributed by atoms with E-state index < -0.39 is 0 Å². The zero-order valence-electron chi connectivity index (χ0n) is 10.4. The van der Waals surface area contributed by atoms with Crippen LogP contribution >= 0.6 is 0 Å². The fourth-order valence-corrected chi connectivity index (χ4v) is 0.853. The van der Waals surface area contributed by atoms with Crippen molar-refractivity contribution < 1.29 is 0 Å². The highest BCUT2D eigenvalue weighted by atomic mass is 14.7. The fraction of sp³-hybridized carbons (Fsp3) is 0.462. The number of hydrogen-bond acceptors (Lipinski definition) is 1. The van der Waals surface area contributed by atoms with Gasteiger partial charge in [-0.15, -0.1) is 0 Å². The van der Waals surface area contributed by atoms with E-state index in [9.17, 15) is 0 Å². The molecule has 1 heterocycles. The van der Waals surface area contributed by atoms with Crippen molar-refractivity contribution >= 4 is 6.08 Å². The van der Waals surface area contributed by atoms with Gasteiger partial charge in [-0.3, -0.25) is 4.98 Å². The lowest BCUT2D eigenvalue weighted by atomic mass is 10.2. The van der Waals surface area contributed by atoms with Gasteiger partial charge in [0, 0.05) is 5.69 Å². The Kier molecular flexibility index (Phi) is 10.9. The van der Waals surface area contributed by atoms with Crippen LogP contribution in [0.2, 0.25) is 0 Å². The van der Waals surface area contributed by atoms with Crippen LogP contribution in [0.5, 0.6) is 0 Å². The Morgan fingerprint density at radius 3 is 1.93 bits per heavy atom. The largest absolute Gasteiger partial charge is 0.254 e. The van der Waals surface area contributed by atoms with Crippen LogP contribution in [-0.2, 0) is 0 Å². The van der Waals surface area contributed by atoms with E-state index in [1.54, 1.807) is 6.08 Å². The van der Waals surface area contributed by atoms with Gasteiger partial charge in [0.1, 0.15) is 0 Å². The summed E-state index contributed by atoms with van der Waals surface area (Å²) in [5.74, 6) is 0. The highest BCUT2D eigenvalue weighted by Gasteiger charge is 1.93. The third kappa shape index (κ3) is 5.52. The Bertz CT molecular complexity index is 251. The molecule has 0 spiro atoms. The molecular weight excluding hydrogens is 170 g/mol. The van der Waals surface area contributed by atoms with Gasteiger partial charge in [-0.1, -0.05) is 40.3 Å². The van der Waals surface area contributed by atoms with Gasteiger partial charge in [0.25, 0.3) is 0 Å². The molecule has 0 atom stereocenters. The molecule has 0 aliphatic heterocycles.